The fourth-order valence-corrected chi connectivity index (χ4v) is 0.715. The zero-order chi connectivity index (χ0) is 8.10. The van der Waals surface area contributed by atoms with Crippen LogP contribution in [0.5, 0.6) is 0 Å². The third-order valence-electron chi connectivity index (χ3n) is 1.08. The van der Waals surface area contributed by atoms with Crippen LogP contribution in [0.1, 0.15) is 10.4 Å². The Morgan fingerprint density at radius 3 is 3.09 bits per heavy atom. The van der Waals surface area contributed by atoms with Gasteiger partial charge in [-0.1, -0.05) is 11.6 Å². The molecule has 0 unspecified atom stereocenters. The Balaban J connectivity index is 2.69. The monoisotopic (exact) mass is 171 g/mol. The summed E-state index contributed by atoms with van der Waals surface area (Å²) in [6.45, 7) is 0. The van der Waals surface area contributed by atoms with E-state index in [-0.39, 0.29) is 6.07 Å². The van der Waals surface area contributed by atoms with Crippen molar-refractivity contribution < 1.29 is 9.53 Å². The van der Waals surface area contributed by atoms with E-state index in [1.807, 2.05) is 0 Å². The van der Waals surface area contributed by atoms with E-state index in [1.165, 1.54) is 6.20 Å². The Bertz CT molecular complexity index is 237. The summed E-state index contributed by atoms with van der Waals surface area (Å²) >= 11 is 5.18. The van der Waals surface area contributed by atoms with E-state index in [0.29, 0.717) is 5.56 Å². The third kappa shape index (κ3) is 2.20. The van der Waals surface area contributed by atoms with Crippen molar-refractivity contribution in [1.82, 2.24) is 4.98 Å². The number of alkyl halides is 1. The van der Waals surface area contributed by atoms with Gasteiger partial charge in [0.1, 0.15) is 0 Å². The quantitative estimate of drug-likeness (QED) is 0.499. The normalized spacial score (nSPS) is 9.18. The number of hydrogen-bond donors (Lipinski definition) is 0. The lowest BCUT2D eigenvalue weighted by atomic mass is 10.3. The van der Waals surface area contributed by atoms with Crippen LogP contribution in [0, 0.1) is 0 Å². The van der Waals surface area contributed by atoms with Crippen molar-refractivity contribution in [2.75, 3.05) is 6.07 Å². The first kappa shape index (κ1) is 8.01. The van der Waals surface area contributed by atoms with E-state index in [1.54, 1.807) is 18.3 Å². The van der Waals surface area contributed by atoms with Gasteiger partial charge < -0.3 is 4.74 Å². The molecule has 1 heterocycles. The van der Waals surface area contributed by atoms with Crippen LogP contribution in [0.4, 0.5) is 0 Å². The van der Waals surface area contributed by atoms with E-state index < -0.39 is 5.97 Å². The van der Waals surface area contributed by atoms with Crippen LogP contribution in [0.25, 0.3) is 0 Å². The van der Waals surface area contributed by atoms with E-state index in [9.17, 15) is 4.79 Å². The van der Waals surface area contributed by atoms with Crippen molar-refractivity contribution in [3.05, 3.63) is 30.1 Å². The Kier molecular flexibility index (Phi) is 2.86. The van der Waals surface area contributed by atoms with Gasteiger partial charge in [0.2, 0.25) is 0 Å². The lowest BCUT2D eigenvalue weighted by Gasteiger charge is -1.97. The number of carbonyl (C=O) groups excluding carboxylic acids is 1. The second-order valence-corrected chi connectivity index (χ2v) is 2.00. The molecule has 0 radical (unpaired) electrons. The summed E-state index contributed by atoms with van der Waals surface area (Å²) in [5.41, 5.74) is 0.410. The van der Waals surface area contributed by atoms with E-state index in [4.69, 9.17) is 11.6 Å². The molecular weight excluding hydrogens is 166 g/mol. The summed E-state index contributed by atoms with van der Waals surface area (Å²) in [5.74, 6) is -0.451. The van der Waals surface area contributed by atoms with E-state index in [0.717, 1.165) is 0 Å². The van der Waals surface area contributed by atoms with Crippen molar-refractivity contribution in [2.24, 2.45) is 0 Å². The zero-order valence-corrected chi connectivity index (χ0v) is 6.41. The third-order valence-corrected chi connectivity index (χ3v) is 1.19. The molecule has 1 rings (SSSR count). The Hall–Kier alpha value is -1.09. The lowest BCUT2D eigenvalue weighted by molar-refractivity contribution is 0.0573. The number of halogens is 1. The largest absolute Gasteiger partial charge is 0.446 e. The average molecular weight is 172 g/mol. The Morgan fingerprint density at radius 1 is 1.73 bits per heavy atom. The molecule has 11 heavy (non-hydrogen) atoms. The predicted octanol–water partition coefficient (Wildman–Crippen LogP) is 1.43. The molecule has 0 bridgehead atoms. The first-order valence-electron chi connectivity index (χ1n) is 2.97. The number of carbonyl (C=O) groups is 1. The smallest absolute Gasteiger partial charge is 0.340 e. The second-order valence-electron chi connectivity index (χ2n) is 1.78. The molecule has 0 aliphatic rings. The highest BCUT2D eigenvalue weighted by atomic mass is 35.5. The van der Waals surface area contributed by atoms with Crippen LogP contribution < -0.4 is 0 Å². The highest BCUT2D eigenvalue weighted by Crippen LogP contribution is 1.98. The molecule has 0 aliphatic carbocycles. The maximum atomic E-state index is 10.9. The predicted molar refractivity (Wildman–Crippen MR) is 40.4 cm³/mol. The average Bonchev–Trinajstić information content (AvgIpc) is 2.07. The maximum Gasteiger partial charge on any atom is 0.340 e. The van der Waals surface area contributed by atoms with Gasteiger partial charge in [0.25, 0.3) is 0 Å². The van der Waals surface area contributed by atoms with Gasteiger partial charge in [-0.05, 0) is 12.1 Å². The van der Waals surface area contributed by atoms with Gasteiger partial charge in [-0.15, -0.1) is 0 Å². The first-order valence-corrected chi connectivity index (χ1v) is 3.51. The summed E-state index contributed by atoms with van der Waals surface area (Å²) in [6.07, 6.45) is 3.01. The van der Waals surface area contributed by atoms with E-state index in [2.05, 4.69) is 9.72 Å². The van der Waals surface area contributed by atoms with Crippen LogP contribution >= 0.6 is 11.6 Å². The van der Waals surface area contributed by atoms with Gasteiger partial charge in [-0.2, -0.15) is 0 Å². The molecule has 0 saturated carbocycles. The zero-order valence-electron chi connectivity index (χ0n) is 5.66. The van der Waals surface area contributed by atoms with E-state index >= 15 is 0 Å². The number of ether oxygens (including phenoxy) is 1. The van der Waals surface area contributed by atoms with Crippen molar-refractivity contribution in [2.45, 2.75) is 0 Å². The van der Waals surface area contributed by atoms with Gasteiger partial charge in [0.15, 0.2) is 6.07 Å². The van der Waals surface area contributed by atoms with Crippen LogP contribution in [0.15, 0.2) is 24.5 Å². The fourth-order valence-electron chi connectivity index (χ4n) is 0.616. The summed E-state index contributed by atoms with van der Waals surface area (Å²) in [5, 5.41) is 0. The minimum Gasteiger partial charge on any atom is -0.446 e. The molecular formula is C7H6ClNO2. The molecule has 4 heteroatoms. The number of rotatable bonds is 2. The van der Waals surface area contributed by atoms with Crippen LogP contribution in [0.2, 0.25) is 0 Å². The highest BCUT2D eigenvalue weighted by Gasteiger charge is 2.03. The molecule has 0 aliphatic heterocycles. The first-order chi connectivity index (χ1) is 5.34. The molecule has 0 atom stereocenters. The lowest BCUT2D eigenvalue weighted by Crippen LogP contribution is -2.03. The van der Waals surface area contributed by atoms with Crippen molar-refractivity contribution in [3.63, 3.8) is 0 Å². The number of aromatic nitrogens is 1. The maximum absolute atomic E-state index is 10.9. The van der Waals surface area contributed by atoms with Gasteiger partial charge in [-0.25, -0.2) is 4.79 Å². The molecule has 3 nitrogen and oxygen atoms in total. The summed E-state index contributed by atoms with van der Waals surface area (Å²) < 4.78 is 4.51. The standard InChI is InChI=1S/C7H6ClNO2/c8-5-11-7(10)6-2-1-3-9-4-6/h1-4H,5H2. The van der Waals surface area contributed by atoms with Crippen molar-refractivity contribution >= 4 is 17.6 Å². The Morgan fingerprint density at radius 2 is 2.55 bits per heavy atom. The number of pyridine rings is 1. The number of nitrogens with zero attached hydrogens (tertiary/aromatic N) is 1. The fraction of sp³-hybridized carbons (Fsp3) is 0.143. The summed E-state index contributed by atoms with van der Waals surface area (Å²) in [4.78, 5) is 14.6. The van der Waals surface area contributed by atoms with Gasteiger partial charge in [-0.3, -0.25) is 4.98 Å². The molecule has 0 aromatic carbocycles. The molecule has 0 saturated heterocycles. The molecule has 1 aromatic rings. The molecule has 0 spiro atoms. The van der Waals surface area contributed by atoms with Gasteiger partial charge >= 0.3 is 5.97 Å². The minimum absolute atomic E-state index is 0.131. The molecule has 0 fully saturated rings. The molecule has 0 N–H and O–H groups in total. The molecule has 1 aromatic heterocycles. The number of esters is 1. The van der Waals surface area contributed by atoms with Gasteiger partial charge in [0, 0.05) is 12.4 Å². The highest BCUT2D eigenvalue weighted by molar-refractivity contribution is 6.17. The van der Waals surface area contributed by atoms with Crippen LogP contribution in [-0.4, -0.2) is 17.0 Å². The minimum atomic E-state index is -0.451. The van der Waals surface area contributed by atoms with Crippen molar-refractivity contribution in [3.8, 4) is 0 Å². The second kappa shape index (κ2) is 3.93. The Labute approximate surface area is 69.0 Å². The summed E-state index contributed by atoms with van der Waals surface area (Å²) in [7, 11) is 0. The van der Waals surface area contributed by atoms with Crippen LogP contribution in [0.3, 0.4) is 0 Å². The summed E-state index contributed by atoms with van der Waals surface area (Å²) in [6, 6.07) is 3.14. The molecule has 0 amide bonds. The van der Waals surface area contributed by atoms with Crippen LogP contribution in [-0.2, 0) is 4.74 Å². The SMILES string of the molecule is O=C(OCCl)c1cccnc1. The van der Waals surface area contributed by atoms with Gasteiger partial charge in [0.05, 0.1) is 5.56 Å². The molecule has 58 valence electrons. The topological polar surface area (TPSA) is 39.2 Å². The van der Waals surface area contributed by atoms with Crippen molar-refractivity contribution in [1.29, 1.82) is 0 Å². The number of hydrogen-bond acceptors (Lipinski definition) is 3.